The summed E-state index contributed by atoms with van der Waals surface area (Å²) in [5, 5.41) is 7.56. The van der Waals surface area contributed by atoms with Crippen molar-refractivity contribution < 1.29 is 13.2 Å². The van der Waals surface area contributed by atoms with Crippen molar-refractivity contribution in [3.05, 3.63) is 35.2 Å². The quantitative estimate of drug-likeness (QED) is 0.718. The lowest BCUT2D eigenvalue weighted by molar-refractivity contribution is -0.126. The zero-order valence-corrected chi connectivity index (χ0v) is 15.9. The molecule has 3 aromatic rings. The van der Waals surface area contributed by atoms with Gasteiger partial charge in [-0.1, -0.05) is 0 Å². The van der Waals surface area contributed by atoms with Crippen LogP contribution in [0.1, 0.15) is 16.9 Å². The lowest BCUT2D eigenvalue weighted by atomic mass is 9.79. The van der Waals surface area contributed by atoms with Crippen LogP contribution in [0.25, 0.3) is 10.2 Å². The van der Waals surface area contributed by atoms with Gasteiger partial charge in [0.15, 0.2) is 0 Å². The van der Waals surface area contributed by atoms with Crippen LogP contribution in [0.4, 0.5) is 19.0 Å². The molecule has 28 heavy (non-hydrogen) atoms. The molecule has 1 N–H and O–H groups in total. The second kappa shape index (κ2) is 6.41. The van der Waals surface area contributed by atoms with E-state index in [1.54, 1.807) is 6.07 Å². The van der Waals surface area contributed by atoms with Gasteiger partial charge >= 0.3 is 6.18 Å². The van der Waals surface area contributed by atoms with E-state index in [0.29, 0.717) is 4.83 Å². The molecule has 1 spiro atoms. The number of anilines is 1. The maximum Gasteiger partial charge on any atom is 0.393 e. The Kier molecular flexibility index (Phi) is 4.09. The van der Waals surface area contributed by atoms with Crippen molar-refractivity contribution in [1.29, 1.82) is 0 Å². The molecule has 2 saturated heterocycles. The van der Waals surface area contributed by atoms with E-state index in [1.165, 1.54) is 11.9 Å². The number of likely N-dealkylation sites (tertiary alicyclic amines) is 1. The van der Waals surface area contributed by atoms with Gasteiger partial charge < -0.3 is 4.90 Å². The molecule has 0 bridgehead atoms. The molecular weight excluding hydrogens is 389 g/mol. The first-order chi connectivity index (χ1) is 13.4. The fourth-order valence-corrected chi connectivity index (χ4v) is 5.46. The van der Waals surface area contributed by atoms with Gasteiger partial charge in [-0.15, -0.1) is 11.3 Å². The maximum atomic E-state index is 12.7. The summed E-state index contributed by atoms with van der Waals surface area (Å²) in [7, 11) is 0. The second-order valence-electron chi connectivity index (χ2n) is 7.84. The van der Waals surface area contributed by atoms with E-state index in [9.17, 15) is 13.2 Å². The first-order valence-corrected chi connectivity index (χ1v) is 9.96. The minimum atomic E-state index is -4.21. The summed E-state index contributed by atoms with van der Waals surface area (Å²) in [5.41, 5.74) is 1.42. The van der Waals surface area contributed by atoms with Crippen LogP contribution in [0, 0.1) is 5.41 Å². The molecule has 3 aromatic heterocycles. The van der Waals surface area contributed by atoms with E-state index < -0.39 is 12.6 Å². The second-order valence-corrected chi connectivity index (χ2v) is 8.96. The molecule has 0 atom stereocenters. The zero-order valence-electron chi connectivity index (χ0n) is 15.0. The molecule has 6 nitrogen and oxygen atoms in total. The molecule has 2 aliphatic heterocycles. The summed E-state index contributed by atoms with van der Waals surface area (Å²) >= 11 is 1.10. The molecule has 2 aliphatic rings. The lowest BCUT2D eigenvalue weighted by Gasteiger charge is -2.48. The first-order valence-electron chi connectivity index (χ1n) is 9.14. The van der Waals surface area contributed by atoms with Crippen LogP contribution >= 0.6 is 11.3 Å². The first kappa shape index (κ1) is 17.9. The molecule has 0 amide bonds. The number of hydrogen-bond acceptors (Lipinski definition) is 6. The molecule has 5 heterocycles. The van der Waals surface area contributed by atoms with E-state index in [2.05, 4.69) is 30.0 Å². The summed E-state index contributed by atoms with van der Waals surface area (Å²) in [4.78, 5) is 14.1. The molecule has 148 valence electrons. The van der Waals surface area contributed by atoms with Crippen LogP contribution in [0.15, 0.2) is 24.8 Å². The topological polar surface area (TPSA) is 60.9 Å². The number of H-pyrrole nitrogens is 1. The average molecular weight is 408 g/mol. The monoisotopic (exact) mass is 408 g/mol. The largest absolute Gasteiger partial charge is 0.393 e. The molecule has 5 rings (SSSR count). The highest BCUT2D eigenvalue weighted by atomic mass is 32.1. The molecule has 10 heteroatoms. The minimum absolute atomic E-state index is 0.242. The Bertz CT molecular complexity index is 977. The van der Waals surface area contributed by atoms with Gasteiger partial charge in [-0.25, -0.2) is 9.97 Å². The van der Waals surface area contributed by atoms with Crippen molar-refractivity contribution in [2.24, 2.45) is 5.41 Å². The maximum absolute atomic E-state index is 12.7. The smallest absolute Gasteiger partial charge is 0.355 e. The van der Waals surface area contributed by atoms with Crippen molar-refractivity contribution in [2.75, 3.05) is 31.1 Å². The predicted molar refractivity (Wildman–Crippen MR) is 100 cm³/mol. The van der Waals surface area contributed by atoms with Crippen molar-refractivity contribution >= 4 is 27.4 Å². The van der Waals surface area contributed by atoms with E-state index in [0.717, 1.165) is 61.7 Å². The van der Waals surface area contributed by atoms with Gasteiger partial charge in [-0.3, -0.25) is 10.00 Å². The van der Waals surface area contributed by atoms with Gasteiger partial charge in [0.1, 0.15) is 17.0 Å². The Hall–Kier alpha value is -2.20. The summed E-state index contributed by atoms with van der Waals surface area (Å²) in [6.07, 6.45) is 1.16. The molecule has 0 aliphatic carbocycles. The Labute approximate surface area is 163 Å². The molecule has 0 saturated carbocycles. The number of aromatic nitrogens is 4. The number of rotatable bonds is 4. The highest BCUT2D eigenvalue weighted by Gasteiger charge is 2.48. The number of halogens is 3. The third kappa shape index (κ3) is 3.35. The van der Waals surface area contributed by atoms with Crippen LogP contribution in [0.2, 0.25) is 0 Å². The molecule has 2 fully saturated rings. The normalized spacial score (nSPS) is 19.6. The third-order valence-electron chi connectivity index (χ3n) is 5.55. The third-order valence-corrected chi connectivity index (χ3v) is 6.59. The molecule has 0 radical (unpaired) electrons. The van der Waals surface area contributed by atoms with E-state index in [4.69, 9.17) is 0 Å². The molecule has 0 aromatic carbocycles. The fourth-order valence-electron chi connectivity index (χ4n) is 4.44. The summed E-state index contributed by atoms with van der Waals surface area (Å²) in [5.74, 6) is 0.764. The highest BCUT2D eigenvalue weighted by Crippen LogP contribution is 2.43. The number of thiophene rings is 1. The minimum Gasteiger partial charge on any atom is -0.355 e. The Morgan fingerprint density at radius 1 is 1.21 bits per heavy atom. The number of aromatic amines is 1. The average Bonchev–Trinajstić information content (AvgIpc) is 3.31. The molecular formula is C18H19F3N6S. The van der Waals surface area contributed by atoms with E-state index in [1.807, 2.05) is 12.4 Å². The number of hydrogen-bond donors (Lipinski definition) is 1. The van der Waals surface area contributed by atoms with Gasteiger partial charge in [0.05, 0.1) is 18.0 Å². The van der Waals surface area contributed by atoms with Crippen LogP contribution in [0.5, 0.6) is 0 Å². The SMILES string of the molecule is FC(F)(F)Cc1cc2c(N3CCC4(CN(Cc5cn[nH]c5)C4)C3)ncnc2s1. The predicted octanol–water partition coefficient (Wildman–Crippen LogP) is 3.23. The van der Waals surface area contributed by atoms with Crippen LogP contribution in [-0.2, 0) is 13.0 Å². The number of nitrogens with zero attached hydrogens (tertiary/aromatic N) is 5. The number of fused-ring (bicyclic) bond motifs is 1. The van der Waals surface area contributed by atoms with Crippen LogP contribution in [-0.4, -0.2) is 57.4 Å². The van der Waals surface area contributed by atoms with Gasteiger partial charge in [-0.2, -0.15) is 18.3 Å². The van der Waals surface area contributed by atoms with E-state index in [-0.39, 0.29) is 10.3 Å². The number of nitrogens with one attached hydrogen (secondary N) is 1. The van der Waals surface area contributed by atoms with Crippen molar-refractivity contribution in [3.8, 4) is 0 Å². The van der Waals surface area contributed by atoms with Gasteiger partial charge in [0.2, 0.25) is 0 Å². The standard InChI is InChI=1S/C18H19F3N6S/c19-18(20,21)4-13-3-14-15(22-11-23-16(14)28-13)27-2-1-17(10-27)8-26(9-17)7-12-5-24-25-6-12/h3,5-6,11H,1-2,4,7-10H2,(H,24,25). The summed E-state index contributed by atoms with van der Waals surface area (Å²) < 4.78 is 38.2. The van der Waals surface area contributed by atoms with Crippen molar-refractivity contribution in [2.45, 2.75) is 25.6 Å². The number of alkyl halides is 3. The fraction of sp³-hybridized carbons (Fsp3) is 0.500. The molecule has 0 unspecified atom stereocenters. The Balaban J connectivity index is 1.30. The van der Waals surface area contributed by atoms with Crippen LogP contribution < -0.4 is 4.90 Å². The summed E-state index contributed by atoms with van der Waals surface area (Å²) in [6.45, 7) is 4.68. The van der Waals surface area contributed by atoms with Gasteiger partial charge in [0, 0.05) is 54.8 Å². The van der Waals surface area contributed by atoms with E-state index >= 15 is 0 Å². The van der Waals surface area contributed by atoms with Gasteiger partial charge in [-0.05, 0) is 12.5 Å². The van der Waals surface area contributed by atoms with Crippen molar-refractivity contribution in [3.63, 3.8) is 0 Å². The Morgan fingerprint density at radius 2 is 2.07 bits per heavy atom. The Morgan fingerprint density at radius 3 is 2.82 bits per heavy atom. The zero-order chi connectivity index (χ0) is 19.4. The van der Waals surface area contributed by atoms with Crippen molar-refractivity contribution in [1.82, 2.24) is 25.1 Å². The highest BCUT2D eigenvalue weighted by molar-refractivity contribution is 7.18. The lowest BCUT2D eigenvalue weighted by Crippen LogP contribution is -2.56. The van der Waals surface area contributed by atoms with Crippen LogP contribution in [0.3, 0.4) is 0 Å². The van der Waals surface area contributed by atoms with Gasteiger partial charge in [0.25, 0.3) is 0 Å². The summed E-state index contributed by atoms with van der Waals surface area (Å²) in [6, 6.07) is 1.61.